The molecule has 22 heavy (non-hydrogen) atoms. The van der Waals surface area contributed by atoms with Crippen LogP contribution in [0.5, 0.6) is 0 Å². The fraction of sp³-hybridized carbons (Fsp3) is 0.167. The Bertz CT molecular complexity index is 956. The third kappa shape index (κ3) is 2.22. The van der Waals surface area contributed by atoms with Crippen LogP contribution >= 0.6 is 0 Å². The highest BCUT2D eigenvalue weighted by Crippen LogP contribution is 2.16. The van der Waals surface area contributed by atoms with Crippen LogP contribution in [-0.4, -0.2) is 19.5 Å². The Balaban J connectivity index is 1.61. The zero-order valence-corrected chi connectivity index (χ0v) is 12.4. The number of rotatable bonds is 3. The highest BCUT2D eigenvalue weighted by atomic mass is 15.1. The zero-order valence-electron chi connectivity index (χ0n) is 12.4. The van der Waals surface area contributed by atoms with Gasteiger partial charge in [-0.25, -0.2) is 15.0 Å². The van der Waals surface area contributed by atoms with Crippen LogP contribution in [0.2, 0.25) is 0 Å². The molecule has 0 atom stereocenters. The van der Waals surface area contributed by atoms with Gasteiger partial charge in [-0.1, -0.05) is 30.3 Å². The van der Waals surface area contributed by atoms with E-state index in [4.69, 9.17) is 4.98 Å². The quantitative estimate of drug-likeness (QED) is 0.581. The third-order valence-corrected chi connectivity index (χ3v) is 3.99. The molecule has 4 aromatic rings. The molecule has 0 saturated carbocycles. The van der Waals surface area contributed by atoms with E-state index in [0.29, 0.717) is 0 Å². The summed E-state index contributed by atoms with van der Waals surface area (Å²) in [6.45, 7) is 0. The lowest BCUT2D eigenvalue weighted by Crippen LogP contribution is -2.03. The maximum absolute atomic E-state index is 4.70. The second-order valence-corrected chi connectivity index (χ2v) is 5.42. The van der Waals surface area contributed by atoms with Gasteiger partial charge in [-0.15, -0.1) is 0 Å². The predicted molar refractivity (Wildman–Crippen MR) is 87.7 cm³/mol. The number of hydrogen-bond donors (Lipinski definition) is 0. The lowest BCUT2D eigenvalue weighted by atomic mass is 10.2. The molecular weight excluding hydrogens is 272 g/mol. The van der Waals surface area contributed by atoms with Gasteiger partial charge in [0.2, 0.25) is 0 Å². The molecule has 0 fully saturated rings. The number of para-hydroxylation sites is 3. The maximum Gasteiger partial charge on any atom is 0.129 e. The lowest BCUT2D eigenvalue weighted by molar-refractivity contribution is 0.762. The minimum Gasteiger partial charge on any atom is -0.331 e. The van der Waals surface area contributed by atoms with Crippen molar-refractivity contribution in [3.05, 3.63) is 66.4 Å². The van der Waals surface area contributed by atoms with E-state index in [1.54, 1.807) is 0 Å². The summed E-state index contributed by atoms with van der Waals surface area (Å²) in [6.07, 6.45) is 3.53. The van der Waals surface area contributed by atoms with Gasteiger partial charge in [-0.2, -0.15) is 0 Å². The summed E-state index contributed by atoms with van der Waals surface area (Å²) in [6, 6.07) is 16.3. The number of hydrogen-bond acceptors (Lipinski definition) is 3. The van der Waals surface area contributed by atoms with Gasteiger partial charge in [0.1, 0.15) is 11.6 Å². The molecule has 0 amide bonds. The highest BCUT2D eigenvalue weighted by molar-refractivity contribution is 5.77. The summed E-state index contributed by atoms with van der Waals surface area (Å²) >= 11 is 0. The molecular formula is C18H16N4. The van der Waals surface area contributed by atoms with Crippen molar-refractivity contribution in [1.82, 2.24) is 19.5 Å². The Morgan fingerprint density at radius 2 is 1.64 bits per heavy atom. The molecule has 0 spiro atoms. The average molecular weight is 288 g/mol. The van der Waals surface area contributed by atoms with Crippen molar-refractivity contribution >= 4 is 21.9 Å². The van der Waals surface area contributed by atoms with Crippen molar-refractivity contribution in [1.29, 1.82) is 0 Å². The zero-order chi connectivity index (χ0) is 14.9. The van der Waals surface area contributed by atoms with E-state index < -0.39 is 0 Å². The second kappa shape index (κ2) is 5.22. The summed E-state index contributed by atoms with van der Waals surface area (Å²) in [5.41, 5.74) is 3.20. The Morgan fingerprint density at radius 3 is 2.50 bits per heavy atom. The normalized spacial score (nSPS) is 11.3. The van der Waals surface area contributed by atoms with Crippen molar-refractivity contribution in [2.75, 3.05) is 0 Å². The summed E-state index contributed by atoms with van der Waals surface area (Å²) < 4.78 is 2.15. The largest absolute Gasteiger partial charge is 0.331 e. The number of benzene rings is 2. The van der Waals surface area contributed by atoms with Gasteiger partial charge >= 0.3 is 0 Å². The summed E-state index contributed by atoms with van der Waals surface area (Å²) in [5.74, 6) is 1.93. The molecule has 4 heteroatoms. The topological polar surface area (TPSA) is 43.6 Å². The van der Waals surface area contributed by atoms with Crippen molar-refractivity contribution in [2.24, 2.45) is 7.05 Å². The van der Waals surface area contributed by atoms with E-state index in [9.17, 15) is 0 Å². The van der Waals surface area contributed by atoms with Gasteiger partial charge in [-0.05, 0) is 18.2 Å². The molecule has 2 aromatic heterocycles. The molecule has 2 heterocycles. The molecule has 0 aliphatic heterocycles. The number of aromatic nitrogens is 4. The Hall–Kier alpha value is -2.75. The third-order valence-electron chi connectivity index (χ3n) is 3.99. The summed E-state index contributed by atoms with van der Waals surface area (Å²) in [7, 11) is 2.06. The highest BCUT2D eigenvalue weighted by Gasteiger charge is 2.08. The van der Waals surface area contributed by atoms with Crippen LogP contribution in [0.4, 0.5) is 0 Å². The molecule has 108 valence electrons. The van der Waals surface area contributed by atoms with Crippen molar-refractivity contribution in [3.8, 4) is 0 Å². The minimum absolute atomic E-state index is 0.794. The first kappa shape index (κ1) is 13.0. The first-order valence-corrected chi connectivity index (χ1v) is 7.42. The molecule has 2 aromatic carbocycles. The van der Waals surface area contributed by atoms with E-state index >= 15 is 0 Å². The monoisotopic (exact) mass is 288 g/mol. The fourth-order valence-corrected chi connectivity index (χ4v) is 2.77. The van der Waals surface area contributed by atoms with Crippen molar-refractivity contribution in [3.63, 3.8) is 0 Å². The smallest absolute Gasteiger partial charge is 0.129 e. The van der Waals surface area contributed by atoms with E-state index in [1.807, 2.05) is 48.7 Å². The van der Waals surface area contributed by atoms with E-state index in [0.717, 1.165) is 46.4 Å². The number of imidazole rings is 1. The number of fused-ring (bicyclic) bond motifs is 2. The Morgan fingerprint density at radius 1 is 0.864 bits per heavy atom. The molecule has 4 rings (SSSR count). The molecule has 4 nitrogen and oxygen atoms in total. The molecule has 0 N–H and O–H groups in total. The Labute approximate surface area is 128 Å². The minimum atomic E-state index is 0.794. The van der Waals surface area contributed by atoms with Crippen LogP contribution in [0, 0.1) is 0 Å². The molecule has 0 bridgehead atoms. The predicted octanol–water partition coefficient (Wildman–Crippen LogP) is 3.30. The average Bonchev–Trinajstić information content (AvgIpc) is 2.89. The summed E-state index contributed by atoms with van der Waals surface area (Å²) in [5, 5.41) is 1.08. The van der Waals surface area contributed by atoms with Crippen LogP contribution in [0.3, 0.4) is 0 Å². The van der Waals surface area contributed by atoms with Crippen LogP contribution in [0.25, 0.3) is 21.9 Å². The van der Waals surface area contributed by atoms with Crippen LogP contribution < -0.4 is 0 Å². The van der Waals surface area contributed by atoms with Gasteiger partial charge < -0.3 is 4.57 Å². The van der Waals surface area contributed by atoms with Crippen molar-refractivity contribution < 1.29 is 0 Å². The standard InChI is InChI=1S/C18H16N4/c1-22-16-9-5-4-8-15(16)21-18(22)11-10-17-19-12-13-6-2-3-7-14(13)20-17/h2-9,12H,10-11H2,1H3. The van der Waals surface area contributed by atoms with E-state index in [2.05, 4.69) is 27.6 Å². The molecule has 0 unspecified atom stereocenters. The first-order chi connectivity index (χ1) is 10.8. The van der Waals surface area contributed by atoms with Crippen LogP contribution in [0.15, 0.2) is 54.7 Å². The summed E-state index contributed by atoms with van der Waals surface area (Å²) in [4.78, 5) is 13.8. The SMILES string of the molecule is Cn1c(CCc2ncc3ccccc3n2)nc2ccccc21. The van der Waals surface area contributed by atoms with Crippen LogP contribution in [-0.2, 0) is 19.9 Å². The maximum atomic E-state index is 4.70. The number of aryl methyl sites for hydroxylation is 3. The van der Waals surface area contributed by atoms with Crippen LogP contribution in [0.1, 0.15) is 11.6 Å². The van der Waals surface area contributed by atoms with E-state index in [-0.39, 0.29) is 0 Å². The van der Waals surface area contributed by atoms with Gasteiger partial charge in [0, 0.05) is 31.5 Å². The number of nitrogens with zero attached hydrogens (tertiary/aromatic N) is 4. The van der Waals surface area contributed by atoms with E-state index in [1.165, 1.54) is 0 Å². The first-order valence-electron chi connectivity index (χ1n) is 7.42. The second-order valence-electron chi connectivity index (χ2n) is 5.42. The van der Waals surface area contributed by atoms with Crippen molar-refractivity contribution in [2.45, 2.75) is 12.8 Å². The molecule has 0 saturated heterocycles. The molecule has 0 aliphatic carbocycles. The van der Waals surface area contributed by atoms with Gasteiger partial charge in [0.05, 0.1) is 16.6 Å². The Kier molecular flexibility index (Phi) is 3.07. The van der Waals surface area contributed by atoms with Gasteiger partial charge in [-0.3, -0.25) is 0 Å². The van der Waals surface area contributed by atoms with Gasteiger partial charge in [0.15, 0.2) is 0 Å². The molecule has 0 aliphatic rings. The van der Waals surface area contributed by atoms with Gasteiger partial charge in [0.25, 0.3) is 0 Å². The lowest BCUT2D eigenvalue weighted by Gasteiger charge is -2.03. The molecule has 0 radical (unpaired) electrons. The fourth-order valence-electron chi connectivity index (χ4n) is 2.77.